The number of rotatable bonds is 8. The number of nitrogens with one attached hydrogen (secondary N) is 2. The zero-order chi connectivity index (χ0) is 28.1. The van der Waals surface area contributed by atoms with E-state index in [1.54, 1.807) is 33.8 Å². The first-order chi connectivity index (χ1) is 19.4. The van der Waals surface area contributed by atoms with E-state index in [1.165, 1.54) is 18.4 Å². The van der Waals surface area contributed by atoms with Crippen LogP contribution in [-0.2, 0) is 24.5 Å². The number of thiazole rings is 1. The van der Waals surface area contributed by atoms with Crippen LogP contribution in [0.4, 0.5) is 20.4 Å². The number of fused-ring (bicyclic) bond motifs is 2. The van der Waals surface area contributed by atoms with Crippen molar-refractivity contribution in [2.45, 2.75) is 54.4 Å². The Morgan fingerprint density at radius 1 is 1.30 bits per heavy atom. The van der Waals surface area contributed by atoms with E-state index >= 15 is 0 Å². The van der Waals surface area contributed by atoms with Gasteiger partial charge in [0.2, 0.25) is 5.91 Å². The third-order valence-electron chi connectivity index (χ3n) is 7.25. The van der Waals surface area contributed by atoms with Gasteiger partial charge in [-0.2, -0.15) is 0 Å². The van der Waals surface area contributed by atoms with Crippen molar-refractivity contribution in [3.05, 3.63) is 35.0 Å². The van der Waals surface area contributed by atoms with E-state index in [0.29, 0.717) is 55.7 Å². The number of hydroxylamine groups is 1. The summed E-state index contributed by atoms with van der Waals surface area (Å²) in [5.41, 5.74) is 3.80. The molecule has 1 spiro atoms. The van der Waals surface area contributed by atoms with Crippen molar-refractivity contribution in [3.63, 3.8) is 0 Å². The Labute approximate surface area is 245 Å². The molecule has 216 valence electrons. The van der Waals surface area contributed by atoms with Crippen LogP contribution in [0.25, 0.3) is 0 Å². The molecule has 1 aromatic heterocycles. The quantitative estimate of drug-likeness (QED) is 0.243. The van der Waals surface area contributed by atoms with Crippen molar-refractivity contribution in [2.24, 2.45) is 0 Å². The predicted octanol–water partition coefficient (Wildman–Crippen LogP) is 5.01. The standard InChI is InChI=1S/C26H32ClN5O6S2/c1-36-25(35)31-10-9-26(15-31)16-32(19-8-7-17(27)13-18(19)26)24(34)29-23-28-14-22(40-23)39-12-4-5-20(33)30-38-21-6-2-3-11-37-21/h7-8,13-14,21H,2-6,9-12,15-16H2,1H3,(H,30,33)(H,28,29,34). The highest BCUT2D eigenvalue weighted by Gasteiger charge is 2.50. The Hall–Kier alpha value is -2.58. The Kier molecular flexibility index (Phi) is 9.36. The number of likely N-dealkylation sites (tertiary alicyclic amines) is 1. The molecule has 2 unspecified atom stereocenters. The van der Waals surface area contributed by atoms with Crippen LogP contribution in [0.5, 0.6) is 0 Å². The van der Waals surface area contributed by atoms with Crippen molar-refractivity contribution < 1.29 is 28.7 Å². The number of thioether (sulfide) groups is 1. The molecule has 0 aliphatic carbocycles. The minimum Gasteiger partial charge on any atom is -0.453 e. The van der Waals surface area contributed by atoms with Gasteiger partial charge in [0.25, 0.3) is 0 Å². The summed E-state index contributed by atoms with van der Waals surface area (Å²) in [5, 5.41) is 3.99. The van der Waals surface area contributed by atoms with Crippen LogP contribution in [0, 0.1) is 0 Å². The van der Waals surface area contributed by atoms with E-state index < -0.39 is 5.41 Å². The molecule has 0 saturated carbocycles. The Bertz CT molecular complexity index is 1240. The number of ether oxygens (including phenoxy) is 2. The van der Waals surface area contributed by atoms with Crippen LogP contribution in [0.1, 0.15) is 44.1 Å². The number of benzene rings is 1. The van der Waals surface area contributed by atoms with Crippen LogP contribution < -0.4 is 15.7 Å². The van der Waals surface area contributed by atoms with Gasteiger partial charge in [0.1, 0.15) is 0 Å². The molecule has 2 N–H and O–H groups in total. The minimum atomic E-state index is -0.406. The van der Waals surface area contributed by atoms with Crippen molar-refractivity contribution in [1.29, 1.82) is 0 Å². The smallest absolute Gasteiger partial charge is 0.409 e. The average molecular weight is 610 g/mol. The van der Waals surface area contributed by atoms with Crippen LogP contribution in [0.3, 0.4) is 0 Å². The highest BCUT2D eigenvalue weighted by atomic mass is 35.5. The minimum absolute atomic E-state index is 0.172. The molecule has 3 aliphatic rings. The summed E-state index contributed by atoms with van der Waals surface area (Å²) >= 11 is 9.28. The molecule has 0 bridgehead atoms. The molecular weight excluding hydrogens is 578 g/mol. The SMILES string of the molecule is COC(=O)N1CCC2(C1)CN(C(=O)Nc1ncc(SCCCC(=O)NOC3CCCCO3)s1)c1ccc(Cl)cc12. The van der Waals surface area contributed by atoms with E-state index in [9.17, 15) is 14.4 Å². The maximum Gasteiger partial charge on any atom is 0.409 e. The highest BCUT2D eigenvalue weighted by Crippen LogP contribution is 2.47. The summed E-state index contributed by atoms with van der Waals surface area (Å²) in [4.78, 5) is 50.6. The molecule has 2 aromatic rings. The maximum absolute atomic E-state index is 13.4. The number of carbonyl (C=O) groups excluding carboxylic acids is 3. The van der Waals surface area contributed by atoms with E-state index in [1.807, 2.05) is 12.1 Å². The van der Waals surface area contributed by atoms with Crippen LogP contribution >= 0.6 is 34.7 Å². The molecule has 2 atom stereocenters. The number of nitrogens with zero attached hydrogens (tertiary/aromatic N) is 3. The molecule has 3 aliphatic heterocycles. The molecule has 40 heavy (non-hydrogen) atoms. The van der Waals surface area contributed by atoms with Gasteiger partial charge in [-0.05, 0) is 55.2 Å². The van der Waals surface area contributed by atoms with Gasteiger partial charge in [-0.1, -0.05) is 22.9 Å². The molecular formula is C26H32ClN5O6S2. The normalized spacial score (nSPS) is 21.9. The number of amides is 4. The summed E-state index contributed by atoms with van der Waals surface area (Å²) in [6.45, 7) is 2.08. The lowest BCUT2D eigenvalue weighted by molar-refractivity contribution is -0.200. The van der Waals surface area contributed by atoms with Gasteiger partial charge in [-0.3, -0.25) is 15.0 Å². The van der Waals surface area contributed by atoms with Crippen molar-refractivity contribution in [1.82, 2.24) is 15.4 Å². The summed E-state index contributed by atoms with van der Waals surface area (Å²) in [7, 11) is 1.37. The molecule has 0 radical (unpaired) electrons. The summed E-state index contributed by atoms with van der Waals surface area (Å²) in [6.07, 6.45) is 5.54. The van der Waals surface area contributed by atoms with Gasteiger partial charge in [0.05, 0.1) is 17.5 Å². The lowest BCUT2D eigenvalue weighted by Gasteiger charge is -2.25. The number of urea groups is 1. The molecule has 5 rings (SSSR count). The van der Waals surface area contributed by atoms with E-state index in [2.05, 4.69) is 15.8 Å². The number of hydrogen-bond donors (Lipinski definition) is 2. The monoisotopic (exact) mass is 609 g/mol. The lowest BCUT2D eigenvalue weighted by atomic mass is 9.81. The van der Waals surface area contributed by atoms with Crippen LogP contribution in [0.2, 0.25) is 5.02 Å². The maximum atomic E-state index is 13.4. The van der Waals surface area contributed by atoms with Crippen molar-refractivity contribution in [2.75, 3.05) is 49.3 Å². The second-order valence-electron chi connectivity index (χ2n) is 9.98. The van der Waals surface area contributed by atoms with Crippen LogP contribution in [-0.4, -0.2) is 73.3 Å². The first kappa shape index (κ1) is 28.9. The van der Waals surface area contributed by atoms with Gasteiger partial charge < -0.3 is 14.4 Å². The number of methoxy groups -OCH3 is 1. The number of hydrogen-bond acceptors (Lipinski definition) is 9. The summed E-state index contributed by atoms with van der Waals surface area (Å²) in [5.74, 6) is 0.552. The third-order valence-corrected chi connectivity index (χ3v) is 9.68. The molecule has 4 amide bonds. The van der Waals surface area contributed by atoms with Crippen molar-refractivity contribution in [3.8, 4) is 0 Å². The first-order valence-corrected chi connectivity index (χ1v) is 15.4. The molecule has 14 heteroatoms. The average Bonchev–Trinajstić information content (AvgIpc) is 3.68. The largest absolute Gasteiger partial charge is 0.453 e. The van der Waals surface area contributed by atoms with Gasteiger partial charge in [0.15, 0.2) is 11.4 Å². The Morgan fingerprint density at radius 3 is 2.98 bits per heavy atom. The fourth-order valence-electron chi connectivity index (χ4n) is 5.26. The second-order valence-corrected chi connectivity index (χ2v) is 12.8. The van der Waals surface area contributed by atoms with E-state index in [4.69, 9.17) is 25.9 Å². The third kappa shape index (κ3) is 6.65. The summed E-state index contributed by atoms with van der Waals surface area (Å²) < 4.78 is 11.3. The number of anilines is 2. The van der Waals surface area contributed by atoms with Gasteiger partial charge in [-0.25, -0.2) is 24.9 Å². The number of halogens is 1. The molecule has 11 nitrogen and oxygen atoms in total. The summed E-state index contributed by atoms with van der Waals surface area (Å²) in [6, 6.07) is 5.21. The topological polar surface area (TPSA) is 122 Å². The zero-order valence-electron chi connectivity index (χ0n) is 22.2. The first-order valence-electron chi connectivity index (χ1n) is 13.2. The van der Waals surface area contributed by atoms with Gasteiger partial charge >= 0.3 is 12.1 Å². The number of aromatic nitrogens is 1. The van der Waals surface area contributed by atoms with Gasteiger partial charge in [-0.15, -0.1) is 11.8 Å². The van der Waals surface area contributed by atoms with Crippen molar-refractivity contribution >= 4 is 63.6 Å². The zero-order valence-corrected chi connectivity index (χ0v) is 24.5. The predicted molar refractivity (Wildman–Crippen MR) is 153 cm³/mol. The Morgan fingerprint density at radius 2 is 2.17 bits per heavy atom. The molecule has 2 saturated heterocycles. The van der Waals surface area contributed by atoms with Crippen LogP contribution in [0.15, 0.2) is 28.6 Å². The highest BCUT2D eigenvalue weighted by molar-refractivity contribution is 8.01. The van der Waals surface area contributed by atoms with Gasteiger partial charge in [0, 0.05) is 55.2 Å². The molecule has 4 heterocycles. The fourth-order valence-corrected chi connectivity index (χ4v) is 7.32. The molecule has 2 fully saturated rings. The molecule has 1 aromatic carbocycles. The fraction of sp³-hybridized carbons (Fsp3) is 0.538. The second kappa shape index (κ2) is 12.9. The lowest BCUT2D eigenvalue weighted by Crippen LogP contribution is -2.41. The number of carbonyl (C=O) groups is 3. The Balaban J connectivity index is 1.11. The van der Waals surface area contributed by atoms with E-state index in [0.717, 1.165) is 40.5 Å². The van der Waals surface area contributed by atoms with E-state index in [-0.39, 0.29) is 24.3 Å².